The SMILES string of the molecule is CCc1cc(C(=O)c2ccccc2F)c(-n2c(C)nnc2CNC(=O)Nc2cccc(OC)c2)s1. The Kier molecular flexibility index (Phi) is 7.21. The van der Waals surface area contributed by atoms with Crippen LogP contribution >= 0.6 is 11.3 Å². The number of carbonyl (C=O) groups is 2. The number of hydrogen-bond donors (Lipinski definition) is 2. The Bertz CT molecular complexity index is 1380. The molecule has 2 heterocycles. The van der Waals surface area contributed by atoms with Gasteiger partial charge in [0.2, 0.25) is 0 Å². The number of urea groups is 1. The number of nitrogens with one attached hydrogen (secondary N) is 2. The minimum atomic E-state index is -0.579. The molecule has 35 heavy (non-hydrogen) atoms. The van der Waals surface area contributed by atoms with Crippen molar-refractivity contribution in [2.45, 2.75) is 26.8 Å². The molecule has 2 aromatic carbocycles. The van der Waals surface area contributed by atoms with Crippen molar-refractivity contribution in [3.63, 3.8) is 0 Å². The number of amides is 2. The van der Waals surface area contributed by atoms with E-state index < -0.39 is 17.6 Å². The van der Waals surface area contributed by atoms with Gasteiger partial charge in [-0.15, -0.1) is 21.5 Å². The van der Waals surface area contributed by atoms with Gasteiger partial charge in [0.25, 0.3) is 0 Å². The van der Waals surface area contributed by atoms with Crippen LogP contribution in [0.3, 0.4) is 0 Å². The van der Waals surface area contributed by atoms with Gasteiger partial charge in [0.15, 0.2) is 11.6 Å². The summed E-state index contributed by atoms with van der Waals surface area (Å²) in [4.78, 5) is 26.7. The van der Waals surface area contributed by atoms with E-state index in [1.165, 1.54) is 23.5 Å². The van der Waals surface area contributed by atoms with Gasteiger partial charge in [-0.25, -0.2) is 9.18 Å². The maximum Gasteiger partial charge on any atom is 0.319 e. The second-order valence-electron chi connectivity index (χ2n) is 7.63. The van der Waals surface area contributed by atoms with E-state index in [0.717, 1.165) is 4.88 Å². The summed E-state index contributed by atoms with van der Waals surface area (Å²) >= 11 is 1.41. The molecule has 0 saturated carbocycles. The van der Waals surface area contributed by atoms with Gasteiger partial charge >= 0.3 is 6.03 Å². The van der Waals surface area contributed by atoms with Crippen molar-refractivity contribution in [1.29, 1.82) is 0 Å². The highest BCUT2D eigenvalue weighted by Gasteiger charge is 2.24. The zero-order valence-corrected chi connectivity index (χ0v) is 20.3. The van der Waals surface area contributed by atoms with Crippen LogP contribution in [-0.4, -0.2) is 33.7 Å². The Morgan fingerprint density at radius 3 is 2.63 bits per heavy atom. The molecule has 2 amide bonds. The van der Waals surface area contributed by atoms with Crippen molar-refractivity contribution < 1.29 is 18.7 Å². The van der Waals surface area contributed by atoms with Crippen LogP contribution in [0.2, 0.25) is 0 Å². The lowest BCUT2D eigenvalue weighted by molar-refractivity contribution is 0.103. The number of thiophene rings is 1. The number of methoxy groups -OCH3 is 1. The summed E-state index contributed by atoms with van der Waals surface area (Å²) in [5, 5.41) is 14.4. The quantitative estimate of drug-likeness (QED) is 0.340. The van der Waals surface area contributed by atoms with Crippen molar-refractivity contribution in [3.8, 4) is 10.8 Å². The smallest absolute Gasteiger partial charge is 0.319 e. The predicted octanol–water partition coefficient (Wildman–Crippen LogP) is 4.90. The molecule has 180 valence electrons. The molecule has 0 spiro atoms. The van der Waals surface area contributed by atoms with E-state index in [2.05, 4.69) is 20.8 Å². The zero-order valence-electron chi connectivity index (χ0n) is 19.5. The average Bonchev–Trinajstić information content (AvgIpc) is 3.45. The lowest BCUT2D eigenvalue weighted by Crippen LogP contribution is -2.29. The maximum absolute atomic E-state index is 14.4. The van der Waals surface area contributed by atoms with Gasteiger partial charge in [-0.3, -0.25) is 9.36 Å². The molecular weight excluding hydrogens is 469 g/mol. The van der Waals surface area contributed by atoms with Crippen molar-refractivity contribution >= 4 is 28.8 Å². The van der Waals surface area contributed by atoms with Crippen LogP contribution in [0, 0.1) is 12.7 Å². The zero-order chi connectivity index (χ0) is 24.9. The van der Waals surface area contributed by atoms with E-state index in [4.69, 9.17) is 4.74 Å². The monoisotopic (exact) mass is 493 g/mol. The first-order valence-corrected chi connectivity index (χ1v) is 11.7. The molecule has 2 aromatic heterocycles. The van der Waals surface area contributed by atoms with Crippen molar-refractivity contribution in [3.05, 3.63) is 88.1 Å². The summed E-state index contributed by atoms with van der Waals surface area (Å²) in [6.07, 6.45) is 0.708. The number of aromatic nitrogens is 3. The van der Waals surface area contributed by atoms with Crippen LogP contribution in [0.1, 0.15) is 39.4 Å². The predicted molar refractivity (Wildman–Crippen MR) is 132 cm³/mol. The maximum atomic E-state index is 14.4. The highest BCUT2D eigenvalue weighted by atomic mass is 32.1. The molecule has 0 aliphatic rings. The molecular formula is C25H24FN5O3S. The third-order valence-corrected chi connectivity index (χ3v) is 6.57. The summed E-state index contributed by atoms with van der Waals surface area (Å²) in [5.41, 5.74) is 0.933. The number of nitrogens with zero attached hydrogens (tertiary/aromatic N) is 3. The van der Waals surface area contributed by atoms with E-state index in [-0.39, 0.29) is 12.1 Å². The van der Waals surface area contributed by atoms with Gasteiger partial charge in [-0.1, -0.05) is 25.1 Å². The van der Waals surface area contributed by atoms with Crippen LogP contribution in [0.4, 0.5) is 14.9 Å². The second-order valence-corrected chi connectivity index (χ2v) is 8.75. The summed E-state index contributed by atoms with van der Waals surface area (Å²) in [6, 6.07) is 14.2. The third kappa shape index (κ3) is 5.22. The van der Waals surface area contributed by atoms with Crippen molar-refractivity contribution in [1.82, 2.24) is 20.1 Å². The van der Waals surface area contributed by atoms with Gasteiger partial charge in [0.05, 0.1) is 24.8 Å². The van der Waals surface area contributed by atoms with Crippen LogP contribution in [0.15, 0.2) is 54.6 Å². The summed E-state index contributed by atoms with van der Waals surface area (Å²) < 4.78 is 21.3. The Morgan fingerprint density at radius 2 is 1.89 bits per heavy atom. The standard InChI is InChI=1S/C25H24FN5O3S/c1-4-18-13-20(23(32)19-10-5-6-11-21(19)26)24(35-18)31-15(2)29-30-22(31)14-27-25(33)28-16-8-7-9-17(12-16)34-3/h5-13H,4,14H2,1-3H3,(H2,27,28,33). The Morgan fingerprint density at radius 1 is 1.09 bits per heavy atom. The molecule has 0 bridgehead atoms. The first-order chi connectivity index (χ1) is 16.9. The van der Waals surface area contributed by atoms with E-state index in [9.17, 15) is 14.0 Å². The lowest BCUT2D eigenvalue weighted by atomic mass is 10.0. The van der Waals surface area contributed by atoms with Crippen molar-refractivity contribution in [2.24, 2.45) is 0 Å². The molecule has 10 heteroatoms. The molecule has 4 aromatic rings. The molecule has 0 unspecified atom stereocenters. The Hall–Kier alpha value is -4.05. The number of benzene rings is 2. The number of ketones is 1. The van der Waals surface area contributed by atoms with Crippen LogP contribution < -0.4 is 15.4 Å². The number of ether oxygens (including phenoxy) is 1. The molecule has 0 radical (unpaired) electrons. The Balaban J connectivity index is 1.60. The molecule has 0 atom stereocenters. The second kappa shape index (κ2) is 10.5. The average molecular weight is 494 g/mol. The van der Waals surface area contributed by atoms with Crippen LogP contribution in [0.25, 0.3) is 5.00 Å². The van der Waals surface area contributed by atoms with Gasteiger partial charge in [-0.2, -0.15) is 0 Å². The number of carbonyl (C=O) groups excluding carboxylic acids is 2. The van der Waals surface area contributed by atoms with Crippen LogP contribution in [-0.2, 0) is 13.0 Å². The number of hydrogen-bond acceptors (Lipinski definition) is 6. The highest BCUT2D eigenvalue weighted by Crippen LogP contribution is 2.31. The normalized spacial score (nSPS) is 10.7. The number of rotatable bonds is 8. The van der Waals surface area contributed by atoms with E-state index in [0.29, 0.717) is 40.1 Å². The summed E-state index contributed by atoms with van der Waals surface area (Å²) in [5.74, 6) is 0.605. The van der Waals surface area contributed by atoms with E-state index in [1.54, 1.807) is 61.1 Å². The molecule has 4 rings (SSSR count). The molecule has 8 nitrogen and oxygen atoms in total. The van der Waals surface area contributed by atoms with Gasteiger partial charge < -0.3 is 15.4 Å². The minimum absolute atomic E-state index is 0.00253. The largest absolute Gasteiger partial charge is 0.497 e. The first-order valence-electron chi connectivity index (χ1n) is 10.9. The lowest BCUT2D eigenvalue weighted by Gasteiger charge is -2.11. The fourth-order valence-electron chi connectivity index (χ4n) is 3.55. The third-order valence-electron chi connectivity index (χ3n) is 5.30. The van der Waals surface area contributed by atoms with Gasteiger partial charge in [-0.05, 0) is 43.7 Å². The molecule has 0 aliphatic carbocycles. The van der Waals surface area contributed by atoms with Crippen LogP contribution in [0.5, 0.6) is 5.75 Å². The fraction of sp³-hybridized carbons (Fsp3) is 0.200. The summed E-state index contributed by atoms with van der Waals surface area (Å²) in [6.45, 7) is 3.80. The fourth-order valence-corrected chi connectivity index (χ4v) is 4.70. The summed E-state index contributed by atoms with van der Waals surface area (Å²) in [7, 11) is 1.55. The van der Waals surface area contributed by atoms with E-state index in [1.807, 2.05) is 6.92 Å². The number of anilines is 1. The molecule has 2 N–H and O–H groups in total. The minimum Gasteiger partial charge on any atom is -0.497 e. The van der Waals surface area contributed by atoms with Gasteiger partial charge in [0, 0.05) is 16.6 Å². The number of halogens is 1. The van der Waals surface area contributed by atoms with Crippen molar-refractivity contribution in [2.75, 3.05) is 12.4 Å². The highest BCUT2D eigenvalue weighted by molar-refractivity contribution is 7.15. The molecule has 0 fully saturated rings. The first kappa shape index (κ1) is 24.1. The number of aryl methyl sites for hydroxylation is 2. The molecule has 0 aliphatic heterocycles. The molecule has 0 saturated heterocycles. The van der Waals surface area contributed by atoms with Gasteiger partial charge in [0.1, 0.15) is 22.4 Å². The topological polar surface area (TPSA) is 98.1 Å². The Labute approximate surface area is 205 Å². The van der Waals surface area contributed by atoms with E-state index >= 15 is 0 Å².